The van der Waals surface area contributed by atoms with Gasteiger partial charge in [0.25, 0.3) is 6.47 Å². The number of carbonyl (C=O) groups excluding carboxylic acids is 3. The number of esters is 2. The normalized spacial score (nSPS) is 8.08. The van der Waals surface area contributed by atoms with Gasteiger partial charge in [-0.25, -0.2) is 0 Å². The van der Waals surface area contributed by atoms with Gasteiger partial charge in [-0.05, 0) is 107 Å². The number of nitrogens with two attached hydrogens (primary N) is 1. The molecule has 0 bridgehead atoms. The smallest absolute Gasteiger partial charge is 1.00 e. The Morgan fingerprint density at radius 3 is 1.62 bits per heavy atom. The summed E-state index contributed by atoms with van der Waals surface area (Å²) >= 11 is 7.96. The van der Waals surface area contributed by atoms with Crippen molar-refractivity contribution in [3.05, 3.63) is 66.8 Å². The average Bonchev–Trinajstić information content (AvgIpc) is 2.87. The summed E-state index contributed by atoms with van der Waals surface area (Å²) in [7, 11) is 0. The van der Waals surface area contributed by atoms with E-state index in [0.29, 0.717) is 19.6 Å². The number of halogens is 4. The topological polar surface area (TPSA) is 128 Å². The molecule has 0 aliphatic carbocycles. The Morgan fingerprint density at radius 1 is 0.923 bits per heavy atom. The SMILES string of the molecule is BrCc1ccc(I)cc1.CCOC(=O)CCCc1ccc(I)cc1.CCOC(=O)CN.Cl.O=CO[O-].[2H-].[H-].[K+].[K+].[K+]. The van der Waals surface area contributed by atoms with Crippen LogP contribution in [0.15, 0.2) is 48.5 Å². The molecule has 8 nitrogen and oxygen atoms in total. The van der Waals surface area contributed by atoms with Gasteiger partial charge in [0.1, 0.15) is 0 Å². The first-order chi connectivity index (χ1) is 16.8. The van der Waals surface area contributed by atoms with E-state index in [4.69, 9.17) is 20.5 Å². The van der Waals surface area contributed by atoms with Gasteiger partial charge in [0.05, 0.1) is 19.8 Å². The number of aryl methyl sites for hydroxylation is 1. The third kappa shape index (κ3) is 39.9. The molecule has 0 spiro atoms. The van der Waals surface area contributed by atoms with Crippen molar-refractivity contribution in [1.82, 2.24) is 0 Å². The van der Waals surface area contributed by atoms with E-state index in [-0.39, 0.29) is 194 Å². The average molecular weight is 936 g/mol. The summed E-state index contributed by atoms with van der Waals surface area (Å²) in [5, 5.41) is 9.38. The standard InChI is InChI=1S/C12H15IO2.C7H6BrI.C4H9NO2.CH2O3.ClH.3K.2H/c1-2-15-12(14)5-3-4-10-6-8-11(13)9-7-10;8-5-6-1-3-7(9)4-2-6;1-2-7-4(6)3-5;2-1-4-3;;;;;;/h6-9H,2-5H2,1H3;1-4H,5H2;2-3,5H2,1H3;1,3H;1H;;;;;/q;;;;;3*+1;2*-1/p-1/i;;;;;;;;1+1;. The number of rotatable bonds is 9. The summed E-state index contributed by atoms with van der Waals surface area (Å²) in [6.45, 7) is 4.26. The second-order valence-electron chi connectivity index (χ2n) is 6.25. The first kappa shape index (κ1) is 55.3. The first-order valence-corrected chi connectivity index (χ1v) is 13.8. The molecule has 0 saturated heterocycles. The molecule has 0 unspecified atom stereocenters. The predicted molar refractivity (Wildman–Crippen MR) is 163 cm³/mol. The molecule has 0 saturated carbocycles. The van der Waals surface area contributed by atoms with Crippen molar-refractivity contribution >= 4 is 91.9 Å². The minimum absolute atomic E-state index is 0. The molecular formula is C24H34BrClI2K3NO7. The third-order valence-electron chi connectivity index (χ3n) is 3.64. The molecule has 0 aromatic heterocycles. The van der Waals surface area contributed by atoms with E-state index >= 15 is 0 Å². The van der Waals surface area contributed by atoms with Gasteiger partial charge in [0.15, 0.2) is 0 Å². The fourth-order valence-corrected chi connectivity index (χ4v) is 3.21. The summed E-state index contributed by atoms with van der Waals surface area (Å²) in [6, 6.07) is 16.8. The molecule has 0 radical (unpaired) electrons. The molecule has 2 N–H and O–H groups in total. The molecule has 0 amide bonds. The van der Waals surface area contributed by atoms with Crippen LogP contribution in [0.25, 0.3) is 0 Å². The summed E-state index contributed by atoms with van der Waals surface area (Å²) in [5.41, 5.74) is 7.49. The van der Waals surface area contributed by atoms with Crippen molar-refractivity contribution in [1.29, 1.82) is 0 Å². The van der Waals surface area contributed by atoms with Crippen LogP contribution in [-0.2, 0) is 40.5 Å². The van der Waals surface area contributed by atoms with E-state index in [1.54, 1.807) is 6.92 Å². The van der Waals surface area contributed by atoms with E-state index in [1.807, 2.05) is 6.92 Å². The van der Waals surface area contributed by atoms with E-state index in [1.165, 1.54) is 18.3 Å². The van der Waals surface area contributed by atoms with Crippen LogP contribution in [0.5, 0.6) is 0 Å². The summed E-state index contributed by atoms with van der Waals surface area (Å²) in [4.78, 5) is 32.4. The number of ether oxygens (including phenoxy) is 2. The van der Waals surface area contributed by atoms with Gasteiger partial charge in [-0.3, -0.25) is 14.4 Å². The van der Waals surface area contributed by atoms with Crippen molar-refractivity contribution in [3.63, 3.8) is 0 Å². The fourth-order valence-electron chi connectivity index (χ4n) is 2.11. The molecule has 0 heterocycles. The van der Waals surface area contributed by atoms with E-state index < -0.39 is 0 Å². The van der Waals surface area contributed by atoms with Crippen molar-refractivity contribution < 1.29 is 191 Å². The Morgan fingerprint density at radius 2 is 1.31 bits per heavy atom. The molecule has 0 fully saturated rings. The zero-order chi connectivity index (χ0) is 26.9. The molecule has 2 aromatic rings. The van der Waals surface area contributed by atoms with Crippen molar-refractivity contribution in [2.45, 2.75) is 38.4 Å². The van der Waals surface area contributed by atoms with Crippen molar-refractivity contribution in [3.8, 4) is 0 Å². The molecular weight excluding hydrogens is 901 g/mol. The minimum Gasteiger partial charge on any atom is -1.00 e. The molecule has 2 aromatic carbocycles. The maximum Gasteiger partial charge on any atom is 1.00 e. The Labute approximate surface area is 404 Å². The number of alkyl halides is 1. The molecule has 0 aliphatic heterocycles. The van der Waals surface area contributed by atoms with Crippen molar-refractivity contribution in [2.24, 2.45) is 5.73 Å². The van der Waals surface area contributed by atoms with Crippen LogP contribution in [0.2, 0.25) is 0 Å². The number of carbonyl (C=O) groups is 3. The number of hydrogen-bond donors (Lipinski definition) is 1. The predicted octanol–water partition coefficient (Wildman–Crippen LogP) is -4.04. The van der Waals surface area contributed by atoms with Gasteiger partial charge in [0.2, 0.25) is 0 Å². The number of benzene rings is 2. The van der Waals surface area contributed by atoms with Gasteiger partial charge in [-0.15, -0.1) is 12.4 Å². The zero-order valence-electron chi connectivity index (χ0n) is 25.1. The Hall–Kier alpha value is 3.91. The Balaban J connectivity index is -0.0000000614. The molecule has 15 heteroatoms. The van der Waals surface area contributed by atoms with E-state index in [0.717, 1.165) is 18.2 Å². The minimum atomic E-state index is -0.345. The molecule has 0 atom stereocenters. The maximum absolute atomic E-state index is 11.1. The van der Waals surface area contributed by atoms with Crippen LogP contribution in [0.3, 0.4) is 0 Å². The quantitative estimate of drug-likeness (QED) is 0.0513. The zero-order valence-corrected chi connectivity index (χ0v) is 39.2. The van der Waals surface area contributed by atoms with Crippen LogP contribution in [0.1, 0.15) is 40.7 Å². The van der Waals surface area contributed by atoms with Gasteiger partial charge < -0.3 is 28.2 Å². The van der Waals surface area contributed by atoms with Crippen LogP contribution in [0.4, 0.5) is 0 Å². The van der Waals surface area contributed by atoms with Crippen LogP contribution in [-0.4, -0.2) is 38.2 Å². The fraction of sp³-hybridized carbons (Fsp3) is 0.375. The van der Waals surface area contributed by atoms with Crippen LogP contribution >= 0.6 is 73.5 Å². The van der Waals surface area contributed by atoms with Gasteiger partial charge in [0, 0.05) is 18.9 Å². The van der Waals surface area contributed by atoms with E-state index in [9.17, 15) is 9.59 Å². The molecule has 208 valence electrons. The first-order valence-electron chi connectivity index (χ1n) is 10.6. The molecule has 39 heavy (non-hydrogen) atoms. The summed E-state index contributed by atoms with van der Waals surface area (Å²) < 4.78 is 11.8. The van der Waals surface area contributed by atoms with Crippen molar-refractivity contribution in [2.75, 3.05) is 19.8 Å². The van der Waals surface area contributed by atoms with Gasteiger partial charge >= 0.3 is 166 Å². The number of hydrogen-bond acceptors (Lipinski definition) is 8. The summed E-state index contributed by atoms with van der Waals surface area (Å²) in [5.74, 6) is -0.439. The second-order valence-corrected chi connectivity index (χ2v) is 9.30. The van der Waals surface area contributed by atoms with Gasteiger partial charge in [-0.1, -0.05) is 40.2 Å². The van der Waals surface area contributed by atoms with Crippen LogP contribution < -0.4 is 165 Å². The second kappa shape index (κ2) is 41.9. The van der Waals surface area contributed by atoms with Crippen LogP contribution in [0, 0.1) is 7.14 Å². The molecule has 0 aliphatic rings. The largest absolute Gasteiger partial charge is 1.00 e. The third-order valence-corrected chi connectivity index (χ3v) is 5.73. The Kier molecular flexibility index (Phi) is 59.4. The Bertz CT molecular complexity index is 840. The molecule has 2 rings (SSSR count). The van der Waals surface area contributed by atoms with E-state index in [2.05, 4.69) is 119 Å². The van der Waals surface area contributed by atoms with Gasteiger partial charge in [-0.2, -0.15) is 0 Å². The monoisotopic (exact) mass is 934 g/mol. The maximum atomic E-state index is 11.1. The summed E-state index contributed by atoms with van der Waals surface area (Å²) in [6.07, 6.45) is 2.31.